The number of anilines is 1. The largest absolute Gasteiger partial charge is 0.297 e. The van der Waals surface area contributed by atoms with Crippen LogP contribution in [0.25, 0.3) is 6.08 Å². The van der Waals surface area contributed by atoms with Gasteiger partial charge in [-0.1, -0.05) is 72.0 Å². The van der Waals surface area contributed by atoms with E-state index < -0.39 is 0 Å². The number of aromatic nitrogens is 2. The fraction of sp³-hybridized carbons (Fsp3) is 0.0556. The number of benzene rings is 2. The molecule has 3 rings (SSSR count). The monoisotopic (exact) mass is 321 g/mol. The summed E-state index contributed by atoms with van der Waals surface area (Å²) in [7, 11) is 0. The van der Waals surface area contributed by atoms with Crippen LogP contribution in [-0.2, 0) is 11.2 Å². The average molecular weight is 321 g/mol. The molecule has 5 heteroatoms. The van der Waals surface area contributed by atoms with Crippen molar-refractivity contribution in [3.8, 4) is 0 Å². The maximum atomic E-state index is 11.9. The highest BCUT2D eigenvalue weighted by Gasteiger charge is 2.06. The van der Waals surface area contributed by atoms with Crippen molar-refractivity contribution >= 4 is 28.5 Å². The first kappa shape index (κ1) is 15.1. The first-order chi connectivity index (χ1) is 11.3. The second kappa shape index (κ2) is 7.47. The van der Waals surface area contributed by atoms with Crippen molar-refractivity contribution in [1.29, 1.82) is 0 Å². The van der Waals surface area contributed by atoms with E-state index in [1.165, 1.54) is 23.0 Å². The molecule has 1 aromatic heterocycles. The van der Waals surface area contributed by atoms with Gasteiger partial charge < -0.3 is 0 Å². The van der Waals surface area contributed by atoms with Crippen molar-refractivity contribution in [1.82, 2.24) is 10.2 Å². The van der Waals surface area contributed by atoms with Crippen LogP contribution in [0, 0.1) is 0 Å². The van der Waals surface area contributed by atoms with Crippen LogP contribution in [0.15, 0.2) is 66.7 Å². The molecule has 0 saturated carbocycles. The van der Waals surface area contributed by atoms with Gasteiger partial charge in [-0.3, -0.25) is 10.1 Å². The second-order valence-electron chi connectivity index (χ2n) is 4.90. The van der Waals surface area contributed by atoms with Crippen LogP contribution in [0.2, 0.25) is 0 Å². The van der Waals surface area contributed by atoms with Crippen molar-refractivity contribution in [3.05, 3.63) is 82.9 Å². The van der Waals surface area contributed by atoms with E-state index in [0.717, 1.165) is 10.6 Å². The summed E-state index contributed by atoms with van der Waals surface area (Å²) >= 11 is 1.39. The molecule has 0 saturated heterocycles. The summed E-state index contributed by atoms with van der Waals surface area (Å²) in [4.78, 5) is 11.9. The Hall–Kier alpha value is -2.79. The Bertz CT molecular complexity index is 797. The summed E-state index contributed by atoms with van der Waals surface area (Å²) in [6.45, 7) is 0. The van der Waals surface area contributed by atoms with Gasteiger partial charge in [0.1, 0.15) is 5.01 Å². The molecular weight excluding hydrogens is 306 g/mol. The van der Waals surface area contributed by atoms with E-state index in [4.69, 9.17) is 0 Å². The summed E-state index contributed by atoms with van der Waals surface area (Å²) < 4.78 is 0. The van der Waals surface area contributed by atoms with E-state index >= 15 is 0 Å². The standard InChI is InChI=1S/C18H15N3OS/c22-16(12-11-14-7-3-1-4-8-14)19-18-21-20-17(23-18)13-15-9-5-2-6-10-15/h1-12H,13H2,(H,19,21,22)/b12-11+. The van der Waals surface area contributed by atoms with Gasteiger partial charge in [-0.2, -0.15) is 0 Å². The predicted molar refractivity (Wildman–Crippen MR) is 93.3 cm³/mol. The normalized spacial score (nSPS) is 10.8. The van der Waals surface area contributed by atoms with E-state index in [1.54, 1.807) is 6.08 Å². The zero-order chi connectivity index (χ0) is 15.9. The lowest BCUT2D eigenvalue weighted by Crippen LogP contribution is -2.07. The zero-order valence-corrected chi connectivity index (χ0v) is 13.2. The van der Waals surface area contributed by atoms with Crippen LogP contribution < -0.4 is 5.32 Å². The van der Waals surface area contributed by atoms with Gasteiger partial charge in [0.15, 0.2) is 0 Å². The van der Waals surface area contributed by atoms with Crippen LogP contribution in [0.1, 0.15) is 16.1 Å². The molecule has 23 heavy (non-hydrogen) atoms. The number of carbonyl (C=O) groups is 1. The third kappa shape index (κ3) is 4.59. The number of amides is 1. The lowest BCUT2D eigenvalue weighted by atomic mass is 10.2. The molecule has 0 aliphatic heterocycles. The van der Waals surface area contributed by atoms with Gasteiger partial charge in [0, 0.05) is 12.5 Å². The molecule has 0 aliphatic carbocycles. The molecule has 1 heterocycles. The molecule has 0 bridgehead atoms. The fourth-order valence-corrected chi connectivity index (χ4v) is 2.81. The number of nitrogens with zero attached hydrogens (tertiary/aromatic N) is 2. The lowest BCUT2D eigenvalue weighted by molar-refractivity contribution is -0.111. The molecule has 114 valence electrons. The Morgan fingerprint density at radius 2 is 1.70 bits per heavy atom. The van der Waals surface area contributed by atoms with Gasteiger partial charge >= 0.3 is 0 Å². The Kier molecular flexibility index (Phi) is 4.91. The second-order valence-corrected chi connectivity index (χ2v) is 5.96. The van der Waals surface area contributed by atoms with Crippen molar-refractivity contribution < 1.29 is 4.79 Å². The summed E-state index contributed by atoms with van der Waals surface area (Å²) in [5, 5.41) is 12.2. The van der Waals surface area contributed by atoms with Gasteiger partial charge in [0.2, 0.25) is 11.0 Å². The molecular formula is C18H15N3OS. The topological polar surface area (TPSA) is 54.9 Å². The van der Waals surface area contributed by atoms with Crippen molar-refractivity contribution in [2.45, 2.75) is 6.42 Å². The summed E-state index contributed by atoms with van der Waals surface area (Å²) in [5.41, 5.74) is 2.15. The molecule has 0 atom stereocenters. The molecule has 3 aromatic rings. The van der Waals surface area contributed by atoms with Gasteiger partial charge in [-0.05, 0) is 17.2 Å². The Morgan fingerprint density at radius 1 is 1.00 bits per heavy atom. The number of hydrogen-bond acceptors (Lipinski definition) is 4. The van der Waals surface area contributed by atoms with E-state index in [2.05, 4.69) is 15.5 Å². The highest BCUT2D eigenvalue weighted by atomic mass is 32.1. The van der Waals surface area contributed by atoms with Crippen molar-refractivity contribution in [2.24, 2.45) is 0 Å². The van der Waals surface area contributed by atoms with Crippen molar-refractivity contribution in [3.63, 3.8) is 0 Å². The van der Waals surface area contributed by atoms with Gasteiger partial charge in [0.25, 0.3) is 0 Å². The van der Waals surface area contributed by atoms with E-state index in [0.29, 0.717) is 11.6 Å². The minimum absolute atomic E-state index is 0.212. The molecule has 0 aliphatic rings. The molecule has 0 radical (unpaired) electrons. The Morgan fingerprint density at radius 3 is 2.43 bits per heavy atom. The average Bonchev–Trinajstić information content (AvgIpc) is 3.02. The van der Waals surface area contributed by atoms with Crippen LogP contribution in [-0.4, -0.2) is 16.1 Å². The van der Waals surface area contributed by atoms with Crippen LogP contribution in [0.3, 0.4) is 0 Å². The SMILES string of the molecule is O=C(/C=C/c1ccccc1)Nc1nnc(Cc2ccccc2)s1. The zero-order valence-electron chi connectivity index (χ0n) is 12.3. The van der Waals surface area contributed by atoms with Gasteiger partial charge in [-0.15, -0.1) is 10.2 Å². The van der Waals surface area contributed by atoms with Crippen LogP contribution in [0.5, 0.6) is 0 Å². The summed E-state index contributed by atoms with van der Waals surface area (Å²) in [6, 6.07) is 19.7. The molecule has 0 unspecified atom stereocenters. The summed E-state index contributed by atoms with van der Waals surface area (Å²) in [6.07, 6.45) is 3.98. The predicted octanol–water partition coefficient (Wildman–Crippen LogP) is 3.78. The number of carbonyl (C=O) groups excluding carboxylic acids is 1. The molecule has 1 amide bonds. The maximum absolute atomic E-state index is 11.9. The van der Waals surface area contributed by atoms with Gasteiger partial charge in [0.05, 0.1) is 0 Å². The smallest absolute Gasteiger partial charge is 0.250 e. The van der Waals surface area contributed by atoms with Crippen LogP contribution in [0.4, 0.5) is 5.13 Å². The molecule has 4 nitrogen and oxygen atoms in total. The first-order valence-corrected chi connectivity index (χ1v) is 8.02. The van der Waals surface area contributed by atoms with Crippen LogP contribution >= 0.6 is 11.3 Å². The van der Waals surface area contributed by atoms with E-state index in [-0.39, 0.29) is 5.91 Å². The van der Waals surface area contributed by atoms with Gasteiger partial charge in [-0.25, -0.2) is 0 Å². The number of hydrogen-bond donors (Lipinski definition) is 1. The first-order valence-electron chi connectivity index (χ1n) is 7.20. The summed E-state index contributed by atoms with van der Waals surface area (Å²) in [5.74, 6) is -0.212. The minimum Gasteiger partial charge on any atom is -0.297 e. The van der Waals surface area contributed by atoms with E-state index in [9.17, 15) is 4.79 Å². The number of rotatable bonds is 5. The minimum atomic E-state index is -0.212. The molecule has 0 fully saturated rings. The fourth-order valence-electron chi connectivity index (χ4n) is 2.03. The van der Waals surface area contributed by atoms with Crippen molar-refractivity contribution in [2.75, 3.05) is 5.32 Å². The maximum Gasteiger partial charge on any atom is 0.250 e. The molecule has 1 N–H and O–H groups in total. The molecule has 2 aromatic carbocycles. The third-order valence-electron chi connectivity index (χ3n) is 3.12. The third-order valence-corrected chi connectivity index (χ3v) is 3.96. The lowest BCUT2D eigenvalue weighted by Gasteiger charge is -1.96. The highest BCUT2D eigenvalue weighted by Crippen LogP contribution is 2.18. The Balaban J connectivity index is 1.58. The molecule has 0 spiro atoms. The quantitative estimate of drug-likeness (QED) is 0.728. The number of nitrogens with one attached hydrogen (secondary N) is 1. The Labute approximate surface area is 138 Å². The van der Waals surface area contributed by atoms with E-state index in [1.807, 2.05) is 60.7 Å². The highest BCUT2D eigenvalue weighted by molar-refractivity contribution is 7.15.